The van der Waals surface area contributed by atoms with E-state index in [0.29, 0.717) is 11.1 Å². The van der Waals surface area contributed by atoms with Gasteiger partial charge in [-0.15, -0.1) is 41.8 Å². The molecule has 0 bridgehead atoms. The summed E-state index contributed by atoms with van der Waals surface area (Å²) in [5, 5.41) is 7.36. The van der Waals surface area contributed by atoms with Crippen LogP contribution in [0, 0.1) is 0 Å². The molecule has 3 amide bonds. The van der Waals surface area contributed by atoms with Crippen molar-refractivity contribution in [1.29, 1.82) is 0 Å². The number of anilines is 1. The van der Waals surface area contributed by atoms with Crippen molar-refractivity contribution in [2.75, 3.05) is 51.2 Å². The van der Waals surface area contributed by atoms with Gasteiger partial charge >= 0.3 is 33.2 Å². The molecule has 0 unspecified atom stereocenters. The maximum absolute atomic E-state index is 14.7. The number of thioether (sulfide) groups is 1. The maximum Gasteiger partial charge on any atom is 0.413 e. The van der Waals surface area contributed by atoms with Crippen molar-refractivity contribution in [1.82, 2.24) is 15.2 Å². The van der Waals surface area contributed by atoms with Crippen molar-refractivity contribution in [2.24, 2.45) is 5.16 Å². The highest BCUT2D eigenvalue weighted by Crippen LogP contribution is 2.72. The minimum atomic E-state index is -4.99. The molecule has 0 saturated carbocycles. The van der Waals surface area contributed by atoms with Crippen LogP contribution in [-0.2, 0) is 85.6 Å². The number of thiazole rings is 1. The molecule has 1 saturated heterocycles. The van der Waals surface area contributed by atoms with Crippen LogP contribution in [0.2, 0.25) is 0 Å². The molecular weight excluding hydrogens is 1020 g/mol. The maximum atomic E-state index is 14.7. The summed E-state index contributed by atoms with van der Waals surface area (Å²) in [6.07, 6.45) is -2.86. The molecule has 3 heterocycles. The summed E-state index contributed by atoms with van der Waals surface area (Å²) >= 11 is 2.08. The fraction of sp³-hybridized carbons (Fsp3) is 0.465. The number of ether oxygens (including phenoxy) is 3. The third kappa shape index (κ3) is 15.2. The average Bonchev–Trinajstić information content (AvgIpc) is 3.81. The number of hydrogen-bond acceptors (Lipinski definition) is 23. The van der Waals surface area contributed by atoms with E-state index in [1.54, 1.807) is 81.4 Å². The zero-order valence-electron chi connectivity index (χ0n) is 39.9. The third-order valence-corrected chi connectivity index (χ3v) is 16.2. The van der Waals surface area contributed by atoms with Gasteiger partial charge in [-0.1, -0.05) is 65.8 Å². The Morgan fingerprint density at radius 3 is 1.87 bits per heavy atom. The van der Waals surface area contributed by atoms with Gasteiger partial charge in [0.1, 0.15) is 42.1 Å². The lowest BCUT2D eigenvalue weighted by molar-refractivity contribution is -0.272. The molecule has 71 heavy (non-hydrogen) atoms. The van der Waals surface area contributed by atoms with Crippen LogP contribution < -0.4 is 10.6 Å². The largest absolute Gasteiger partial charge is 0.461 e. The number of rotatable bonds is 27. The zero-order valence-corrected chi connectivity index (χ0v) is 43.3. The number of β-lactam (4-membered cyclic amide) rings is 1. The van der Waals surface area contributed by atoms with E-state index in [1.807, 2.05) is 0 Å². The van der Waals surface area contributed by atoms with E-state index >= 15 is 0 Å². The van der Waals surface area contributed by atoms with Gasteiger partial charge in [0, 0.05) is 16.7 Å². The molecule has 0 aliphatic carbocycles. The number of carbonyl (C=O) groups is 5. The molecule has 2 atom stereocenters. The first-order valence-electron chi connectivity index (χ1n) is 21.9. The Bertz CT molecular complexity index is 2380. The Kier molecular flexibility index (Phi) is 21.3. The van der Waals surface area contributed by atoms with Crippen molar-refractivity contribution in [3.05, 3.63) is 94.1 Å². The van der Waals surface area contributed by atoms with E-state index in [9.17, 15) is 33.1 Å². The molecule has 0 spiro atoms. The van der Waals surface area contributed by atoms with Crippen LogP contribution in [0.4, 0.5) is 9.93 Å². The van der Waals surface area contributed by atoms with E-state index in [0.717, 1.165) is 28.0 Å². The van der Waals surface area contributed by atoms with Gasteiger partial charge in [-0.05, 0) is 59.6 Å². The molecule has 1 fully saturated rings. The van der Waals surface area contributed by atoms with Gasteiger partial charge in [0.2, 0.25) is 0 Å². The second-order valence-corrected chi connectivity index (χ2v) is 21.9. The molecule has 388 valence electrons. The highest BCUT2D eigenvalue weighted by Gasteiger charge is 2.57. The number of carbonyl (C=O) groups excluding carboxylic acids is 5. The molecule has 0 radical (unpaired) electrons. The van der Waals surface area contributed by atoms with Gasteiger partial charge in [-0.2, -0.15) is 0 Å². The summed E-state index contributed by atoms with van der Waals surface area (Å²) in [5.41, 5.74) is -0.182. The van der Waals surface area contributed by atoms with Crippen LogP contribution in [0.3, 0.4) is 0 Å². The SMILES string of the molecule is CCOOP(=O)(OOCC)C(CC(=O)OCC1=C(C(=O)OC(c2ccccc2)c2ccccc2)N2C(=O)[C@@H](NC(=O)/C(=N\OC)c3csc(NC(=O)OC(C)(C)C)n3)[C@@H]2SC1)P(=O)(OOCC)OOCC. The number of fused-ring (bicyclic) bond motifs is 1. The first-order valence-corrected chi connectivity index (χ1v) is 27.0. The van der Waals surface area contributed by atoms with E-state index in [4.69, 9.17) is 57.3 Å². The number of hydrogen-bond donors (Lipinski definition) is 2. The summed E-state index contributed by atoms with van der Waals surface area (Å²) in [6.45, 7) is 9.53. The van der Waals surface area contributed by atoms with Crippen LogP contribution >= 0.6 is 38.3 Å². The van der Waals surface area contributed by atoms with Crippen molar-refractivity contribution < 1.29 is 90.4 Å². The smallest absolute Gasteiger partial charge is 0.413 e. The molecule has 2 aliphatic rings. The fourth-order valence-corrected chi connectivity index (χ4v) is 12.4. The highest BCUT2D eigenvalue weighted by atomic mass is 32.2. The molecule has 2 N–H and O–H groups in total. The summed E-state index contributed by atoms with van der Waals surface area (Å²) in [4.78, 5) is 99.0. The van der Waals surface area contributed by atoms with Crippen LogP contribution in [0.15, 0.2) is 82.5 Å². The topological polar surface area (TPSA) is 283 Å². The number of nitrogens with one attached hydrogen (secondary N) is 2. The van der Waals surface area contributed by atoms with E-state index < -0.39 is 86.6 Å². The number of nitrogens with zero attached hydrogens (tertiary/aromatic N) is 3. The summed E-state index contributed by atoms with van der Waals surface area (Å²) in [5.74, 6) is -3.93. The normalized spacial score (nSPS) is 16.3. The number of aromatic nitrogens is 1. The zero-order chi connectivity index (χ0) is 51.8. The molecule has 3 aromatic rings. The van der Waals surface area contributed by atoms with Gasteiger partial charge in [0.25, 0.3) is 11.8 Å². The number of benzene rings is 2. The summed E-state index contributed by atoms with van der Waals surface area (Å²) in [7, 11) is -8.79. The van der Waals surface area contributed by atoms with Crippen LogP contribution in [0.5, 0.6) is 0 Å². The van der Waals surface area contributed by atoms with Gasteiger partial charge in [-0.3, -0.25) is 33.7 Å². The highest BCUT2D eigenvalue weighted by molar-refractivity contribution is 8.00. The number of oxime groups is 1. The first kappa shape index (κ1) is 56.8. The predicted molar refractivity (Wildman–Crippen MR) is 254 cm³/mol. The van der Waals surface area contributed by atoms with Crippen LogP contribution in [-0.4, -0.2) is 114 Å². The second-order valence-electron chi connectivity index (χ2n) is 15.6. The predicted octanol–water partition coefficient (Wildman–Crippen LogP) is 7.35. The number of amides is 3. The van der Waals surface area contributed by atoms with Crippen molar-refractivity contribution in [3.8, 4) is 0 Å². The number of esters is 2. The monoisotopic (exact) mass is 1070 g/mol. The molecule has 5 rings (SSSR count). The van der Waals surface area contributed by atoms with Crippen LogP contribution in [0.1, 0.15) is 77.8 Å². The summed E-state index contributed by atoms with van der Waals surface area (Å²) in [6, 6.07) is 16.4. The van der Waals surface area contributed by atoms with Gasteiger partial charge in [0.15, 0.2) is 22.3 Å². The van der Waals surface area contributed by atoms with Crippen molar-refractivity contribution in [3.63, 3.8) is 0 Å². The molecule has 1 aromatic heterocycles. The quantitative estimate of drug-likeness (QED) is 0.0143. The lowest BCUT2D eigenvalue weighted by Crippen LogP contribution is -2.71. The lowest BCUT2D eigenvalue weighted by atomic mass is 10.0. The Hall–Kier alpha value is -5.08. The Labute approximate surface area is 417 Å². The Morgan fingerprint density at radius 2 is 1.38 bits per heavy atom. The van der Waals surface area contributed by atoms with Gasteiger partial charge in [0.05, 0.1) is 32.8 Å². The molecule has 24 nitrogen and oxygen atoms in total. The minimum Gasteiger partial charge on any atom is -0.461 e. The fourth-order valence-electron chi connectivity index (χ4n) is 6.37. The molecule has 2 aromatic carbocycles. The molecule has 28 heteroatoms. The minimum absolute atomic E-state index is 0.000722. The lowest BCUT2D eigenvalue weighted by Gasteiger charge is -2.49. The van der Waals surface area contributed by atoms with E-state index in [2.05, 4.69) is 20.8 Å². The van der Waals surface area contributed by atoms with Gasteiger partial charge in [-0.25, -0.2) is 34.1 Å². The first-order chi connectivity index (χ1) is 33.9. The van der Waals surface area contributed by atoms with Crippen molar-refractivity contribution >= 4 is 79.0 Å². The second kappa shape index (κ2) is 26.6. The molecule has 2 aliphatic heterocycles. The van der Waals surface area contributed by atoms with E-state index in [-0.39, 0.29) is 60.0 Å². The summed E-state index contributed by atoms with van der Waals surface area (Å²) < 4.78 is 65.8. The third-order valence-electron chi connectivity index (χ3n) is 9.29. The van der Waals surface area contributed by atoms with E-state index in [1.165, 1.54) is 40.2 Å². The Morgan fingerprint density at radius 1 is 0.845 bits per heavy atom. The van der Waals surface area contributed by atoms with Gasteiger partial charge < -0.3 is 24.4 Å². The standard InChI is InChI=1S/C43H55N5O19P2S2/c1-9-58-64-68(54,65-59-10-2)32(69(55,66-60-11-3)67-61-12-4)23-31(49)57-24-29-25-70-39-34(45-37(50)33(47-56-8)30-26-71-41(44-30)46-42(53)63-43(5,6)7)38(51)48(39)35(29)40(52)62-36(27-19-15-13-16-20-27)28-21-17-14-18-22-28/h13-22,26,32,34,36,39H,9-12,23-25H2,1-8H3,(H,45,50)(H,44,46,53)/b47-33-/t34-,39+/m1/s1. The molecular formula is C43H55N5O19P2S2. The van der Waals surface area contributed by atoms with Crippen molar-refractivity contribution in [2.45, 2.75) is 83.4 Å². The average molecular weight is 1070 g/mol. The van der Waals surface area contributed by atoms with Crippen LogP contribution in [0.25, 0.3) is 0 Å². The Balaban J connectivity index is 1.46.